The number of aromatic nitrogens is 3. The number of amides is 1. The van der Waals surface area contributed by atoms with E-state index in [9.17, 15) is 4.79 Å². The molecule has 0 saturated carbocycles. The predicted octanol–water partition coefficient (Wildman–Crippen LogP) is 4.63. The van der Waals surface area contributed by atoms with E-state index in [1.807, 2.05) is 48.8 Å². The third kappa shape index (κ3) is 4.02. The molecule has 0 fully saturated rings. The summed E-state index contributed by atoms with van der Waals surface area (Å²) in [5, 5.41) is 6.20. The van der Waals surface area contributed by atoms with Gasteiger partial charge in [0.1, 0.15) is 10.7 Å². The summed E-state index contributed by atoms with van der Waals surface area (Å²) in [5.41, 5.74) is 3.49. The number of nitrogens with zero attached hydrogens (tertiary/aromatic N) is 3. The van der Waals surface area contributed by atoms with Gasteiger partial charge in [0.25, 0.3) is 5.91 Å². The number of rotatable bonds is 6. The highest BCUT2D eigenvalue weighted by atomic mass is 35.5. The molecule has 0 aliphatic carbocycles. The van der Waals surface area contributed by atoms with Gasteiger partial charge < -0.3 is 9.88 Å². The van der Waals surface area contributed by atoms with Crippen LogP contribution in [0, 0.1) is 0 Å². The largest absolute Gasteiger partial charge is 0.351 e. The maximum atomic E-state index is 12.3. The zero-order valence-corrected chi connectivity index (χ0v) is 16.0. The monoisotopic (exact) mass is 396 g/mol. The quantitative estimate of drug-likeness (QED) is 0.483. The number of carbonyl (C=O) groups is 1. The molecule has 0 spiro atoms. The van der Waals surface area contributed by atoms with Crippen LogP contribution in [-0.2, 0) is 6.54 Å². The van der Waals surface area contributed by atoms with Crippen LogP contribution in [0.4, 0.5) is 0 Å². The first kappa shape index (κ1) is 17.7. The van der Waals surface area contributed by atoms with Gasteiger partial charge in [-0.15, -0.1) is 11.3 Å². The lowest BCUT2D eigenvalue weighted by molar-refractivity contribution is 0.0948. The summed E-state index contributed by atoms with van der Waals surface area (Å²) >= 11 is 7.36. The van der Waals surface area contributed by atoms with Crippen LogP contribution < -0.4 is 5.32 Å². The summed E-state index contributed by atoms with van der Waals surface area (Å²) in [5.74, 6) is -0.151. The van der Waals surface area contributed by atoms with Crippen molar-refractivity contribution in [3.05, 3.63) is 71.0 Å². The van der Waals surface area contributed by atoms with Crippen molar-refractivity contribution in [1.29, 1.82) is 0 Å². The van der Waals surface area contributed by atoms with Gasteiger partial charge >= 0.3 is 0 Å². The third-order valence-electron chi connectivity index (χ3n) is 4.22. The van der Waals surface area contributed by atoms with Crippen LogP contribution in [0.5, 0.6) is 0 Å². The average Bonchev–Trinajstić information content (AvgIpc) is 3.33. The van der Waals surface area contributed by atoms with E-state index in [0.29, 0.717) is 17.3 Å². The number of hydrogen-bond donors (Lipinski definition) is 1. The Morgan fingerprint density at radius 2 is 1.96 bits per heavy atom. The van der Waals surface area contributed by atoms with Gasteiger partial charge in [0, 0.05) is 29.1 Å². The zero-order chi connectivity index (χ0) is 18.6. The lowest BCUT2D eigenvalue weighted by Crippen LogP contribution is -2.25. The Bertz CT molecular complexity index is 1070. The molecule has 0 aliphatic rings. The second-order valence-electron chi connectivity index (χ2n) is 6.08. The molecule has 4 rings (SSSR count). The summed E-state index contributed by atoms with van der Waals surface area (Å²) in [6.07, 6.45) is 2.66. The number of aryl methyl sites for hydroxylation is 1. The molecule has 7 heteroatoms. The van der Waals surface area contributed by atoms with Crippen molar-refractivity contribution < 1.29 is 4.79 Å². The lowest BCUT2D eigenvalue weighted by Gasteiger charge is -2.05. The smallest absolute Gasteiger partial charge is 0.270 e. The highest BCUT2D eigenvalue weighted by Crippen LogP contribution is 2.25. The normalized spacial score (nSPS) is 11.0. The summed E-state index contributed by atoms with van der Waals surface area (Å²) in [7, 11) is 0. The van der Waals surface area contributed by atoms with Gasteiger partial charge in [-0.3, -0.25) is 4.79 Å². The predicted molar refractivity (Wildman–Crippen MR) is 109 cm³/mol. The first-order chi connectivity index (χ1) is 13.2. The van der Waals surface area contributed by atoms with Gasteiger partial charge in [0.2, 0.25) is 0 Å². The van der Waals surface area contributed by atoms with Gasteiger partial charge in [-0.05, 0) is 30.7 Å². The summed E-state index contributed by atoms with van der Waals surface area (Å²) in [6, 6.07) is 15.5. The molecule has 4 aromatic rings. The number of thiazole rings is 1. The van der Waals surface area contributed by atoms with E-state index in [4.69, 9.17) is 11.6 Å². The Balaban J connectivity index is 1.31. The SMILES string of the molecule is O=C(NCCCn1cnc2ccccc21)c1csc(-c2ccc(Cl)cc2)n1. The van der Waals surface area contributed by atoms with Crippen LogP contribution in [0.15, 0.2) is 60.2 Å². The molecular weight excluding hydrogens is 380 g/mol. The van der Waals surface area contributed by atoms with Gasteiger partial charge in [-0.2, -0.15) is 0 Å². The fraction of sp³-hybridized carbons (Fsp3) is 0.150. The topological polar surface area (TPSA) is 59.8 Å². The first-order valence-electron chi connectivity index (χ1n) is 8.60. The van der Waals surface area contributed by atoms with Crippen LogP contribution in [0.3, 0.4) is 0 Å². The van der Waals surface area contributed by atoms with Crippen molar-refractivity contribution in [3.63, 3.8) is 0 Å². The third-order valence-corrected chi connectivity index (χ3v) is 5.36. The average molecular weight is 397 g/mol. The fourth-order valence-corrected chi connectivity index (χ4v) is 3.77. The van der Waals surface area contributed by atoms with Crippen LogP contribution in [0.25, 0.3) is 21.6 Å². The van der Waals surface area contributed by atoms with E-state index in [0.717, 1.165) is 34.6 Å². The summed E-state index contributed by atoms with van der Waals surface area (Å²) in [6.45, 7) is 1.38. The number of imidazole rings is 1. The lowest BCUT2D eigenvalue weighted by atomic mass is 10.2. The van der Waals surface area contributed by atoms with Crippen LogP contribution in [0.1, 0.15) is 16.9 Å². The number of nitrogens with one attached hydrogen (secondary N) is 1. The van der Waals surface area contributed by atoms with E-state index >= 15 is 0 Å². The van der Waals surface area contributed by atoms with Gasteiger partial charge in [0.05, 0.1) is 17.4 Å². The Morgan fingerprint density at radius 3 is 2.81 bits per heavy atom. The minimum atomic E-state index is -0.151. The molecule has 0 atom stereocenters. The van der Waals surface area contributed by atoms with Crippen molar-refractivity contribution in [3.8, 4) is 10.6 Å². The van der Waals surface area contributed by atoms with Crippen molar-refractivity contribution in [1.82, 2.24) is 19.9 Å². The number of fused-ring (bicyclic) bond motifs is 1. The van der Waals surface area contributed by atoms with Crippen molar-refractivity contribution >= 4 is 39.9 Å². The van der Waals surface area contributed by atoms with E-state index < -0.39 is 0 Å². The van der Waals surface area contributed by atoms with Crippen LogP contribution in [-0.4, -0.2) is 27.0 Å². The Morgan fingerprint density at radius 1 is 1.15 bits per heavy atom. The molecule has 5 nitrogen and oxygen atoms in total. The second-order valence-corrected chi connectivity index (χ2v) is 7.38. The Kier molecular flexibility index (Phi) is 5.18. The van der Waals surface area contributed by atoms with Crippen LogP contribution in [0.2, 0.25) is 5.02 Å². The zero-order valence-electron chi connectivity index (χ0n) is 14.4. The van der Waals surface area contributed by atoms with E-state index in [-0.39, 0.29) is 5.91 Å². The first-order valence-corrected chi connectivity index (χ1v) is 9.86. The molecule has 27 heavy (non-hydrogen) atoms. The molecular formula is C20H17ClN4OS. The molecule has 0 saturated heterocycles. The van der Waals surface area contributed by atoms with Gasteiger partial charge in [0.15, 0.2) is 0 Å². The second kappa shape index (κ2) is 7.90. The highest BCUT2D eigenvalue weighted by molar-refractivity contribution is 7.13. The van der Waals surface area contributed by atoms with E-state index in [2.05, 4.69) is 25.9 Å². The van der Waals surface area contributed by atoms with Crippen molar-refractivity contribution in [2.75, 3.05) is 6.54 Å². The summed E-state index contributed by atoms with van der Waals surface area (Å²) < 4.78 is 2.10. The van der Waals surface area contributed by atoms with Crippen molar-refractivity contribution in [2.45, 2.75) is 13.0 Å². The minimum Gasteiger partial charge on any atom is -0.351 e. The molecule has 0 unspecified atom stereocenters. The molecule has 2 aromatic heterocycles. The van der Waals surface area contributed by atoms with Crippen molar-refractivity contribution in [2.24, 2.45) is 0 Å². The molecule has 0 bridgehead atoms. The number of carbonyl (C=O) groups excluding carboxylic acids is 1. The molecule has 2 heterocycles. The van der Waals surface area contributed by atoms with Crippen LogP contribution >= 0.6 is 22.9 Å². The standard InChI is InChI=1S/C20H17ClN4OS/c21-15-8-6-14(7-9-15)20-24-17(12-27-20)19(26)22-10-3-11-25-13-23-16-4-1-2-5-18(16)25/h1-2,4-9,12-13H,3,10-11H2,(H,22,26). The fourth-order valence-electron chi connectivity index (χ4n) is 2.83. The number of para-hydroxylation sites is 2. The number of benzene rings is 2. The maximum Gasteiger partial charge on any atom is 0.270 e. The van der Waals surface area contributed by atoms with E-state index in [1.54, 1.807) is 5.38 Å². The maximum absolute atomic E-state index is 12.3. The Hall–Kier alpha value is -2.70. The van der Waals surface area contributed by atoms with Gasteiger partial charge in [-0.1, -0.05) is 35.9 Å². The minimum absolute atomic E-state index is 0.151. The molecule has 0 radical (unpaired) electrons. The number of hydrogen-bond acceptors (Lipinski definition) is 4. The molecule has 2 aromatic carbocycles. The molecule has 1 amide bonds. The number of halogens is 1. The highest BCUT2D eigenvalue weighted by Gasteiger charge is 2.11. The summed E-state index contributed by atoms with van der Waals surface area (Å²) in [4.78, 5) is 21.1. The van der Waals surface area contributed by atoms with Gasteiger partial charge in [-0.25, -0.2) is 9.97 Å². The molecule has 0 aliphatic heterocycles. The Labute approximate surface area is 165 Å². The van der Waals surface area contributed by atoms with E-state index in [1.165, 1.54) is 11.3 Å². The molecule has 1 N–H and O–H groups in total. The molecule has 136 valence electrons.